The first kappa shape index (κ1) is 25.3. The lowest BCUT2D eigenvalue weighted by Crippen LogP contribution is -2.23. The van der Waals surface area contributed by atoms with Gasteiger partial charge in [-0.3, -0.25) is 14.9 Å². The summed E-state index contributed by atoms with van der Waals surface area (Å²) in [7, 11) is 1.16. The average molecular weight is 552 g/mol. The van der Waals surface area contributed by atoms with E-state index in [0.717, 1.165) is 17.9 Å². The highest BCUT2D eigenvalue weighted by Crippen LogP contribution is 2.34. The number of carbonyl (C=O) groups is 1. The molecule has 0 aliphatic carbocycles. The van der Waals surface area contributed by atoms with Crippen LogP contribution in [0, 0.1) is 10.1 Å². The van der Waals surface area contributed by atoms with Crippen molar-refractivity contribution in [2.24, 2.45) is 5.10 Å². The molecule has 0 spiro atoms. The first-order chi connectivity index (χ1) is 16.2. The number of nitrogens with zero attached hydrogens (tertiary/aromatic N) is 4. The molecule has 2 aromatic carbocycles. The molecule has 0 aliphatic heterocycles. The Morgan fingerprint density at radius 2 is 2.12 bits per heavy atom. The molecule has 0 radical (unpaired) electrons. The highest BCUT2D eigenvalue weighted by atomic mass is 79.9. The zero-order valence-corrected chi connectivity index (χ0v) is 20.8. The van der Waals surface area contributed by atoms with Crippen LogP contribution in [-0.4, -0.2) is 40.5 Å². The van der Waals surface area contributed by atoms with Gasteiger partial charge in [-0.25, -0.2) is 9.78 Å². The van der Waals surface area contributed by atoms with Gasteiger partial charge in [0, 0.05) is 27.0 Å². The van der Waals surface area contributed by atoms with Gasteiger partial charge in [-0.05, 0) is 30.7 Å². The molecule has 0 bridgehead atoms. The molecule has 0 N–H and O–H groups in total. The van der Waals surface area contributed by atoms with Gasteiger partial charge >= 0.3 is 11.7 Å². The van der Waals surface area contributed by atoms with Crippen molar-refractivity contribution in [3.05, 3.63) is 71.7 Å². The minimum absolute atomic E-state index is 0.0497. The molecule has 1 atom stereocenters. The van der Waals surface area contributed by atoms with Gasteiger partial charge in [0.1, 0.15) is 5.82 Å². The predicted octanol–water partition coefficient (Wildman–Crippen LogP) is 4.67. The van der Waals surface area contributed by atoms with Crippen molar-refractivity contribution in [3.8, 4) is 5.75 Å². The highest BCUT2D eigenvalue weighted by molar-refractivity contribution is 9.10. The number of esters is 1. The van der Waals surface area contributed by atoms with Crippen molar-refractivity contribution in [2.45, 2.75) is 26.2 Å². The summed E-state index contributed by atoms with van der Waals surface area (Å²) < 4.78 is 11.8. The molecule has 1 heterocycles. The van der Waals surface area contributed by atoms with Crippen LogP contribution >= 0.6 is 27.5 Å². The number of nitro benzene ring substituents is 1. The molecule has 1 aromatic heterocycles. The van der Waals surface area contributed by atoms with Crippen LogP contribution in [0.3, 0.4) is 0 Å². The van der Waals surface area contributed by atoms with E-state index in [1.165, 1.54) is 12.3 Å². The lowest BCUT2D eigenvalue weighted by atomic mass is 10.1. The Bertz CT molecular complexity index is 1360. The lowest BCUT2D eigenvalue weighted by Gasteiger charge is -2.14. The van der Waals surface area contributed by atoms with E-state index in [1.54, 1.807) is 18.2 Å². The number of methoxy groups -OCH3 is 1. The molecule has 0 saturated heterocycles. The van der Waals surface area contributed by atoms with E-state index in [4.69, 9.17) is 16.3 Å². The van der Waals surface area contributed by atoms with Crippen molar-refractivity contribution in [1.82, 2.24) is 9.66 Å². The van der Waals surface area contributed by atoms with E-state index in [0.29, 0.717) is 27.6 Å². The van der Waals surface area contributed by atoms with Gasteiger partial charge in [0.2, 0.25) is 5.75 Å². The second-order valence-corrected chi connectivity index (χ2v) is 8.62. The third-order valence-corrected chi connectivity index (χ3v) is 5.73. The summed E-state index contributed by atoms with van der Waals surface area (Å²) in [6.07, 6.45) is 1.91. The van der Waals surface area contributed by atoms with Crippen LogP contribution in [0.4, 0.5) is 5.69 Å². The second-order valence-electron chi connectivity index (χ2n) is 7.27. The Hall–Kier alpha value is -3.31. The van der Waals surface area contributed by atoms with E-state index in [2.05, 4.69) is 30.8 Å². The van der Waals surface area contributed by atoms with E-state index < -0.39 is 28.7 Å². The quantitative estimate of drug-likeness (QED) is 0.172. The van der Waals surface area contributed by atoms with Crippen LogP contribution in [0.5, 0.6) is 5.75 Å². The van der Waals surface area contributed by atoms with Gasteiger partial charge in [-0.15, -0.1) is 0 Å². The van der Waals surface area contributed by atoms with E-state index in [9.17, 15) is 19.7 Å². The van der Waals surface area contributed by atoms with Crippen molar-refractivity contribution >= 4 is 56.3 Å². The second kappa shape index (κ2) is 10.7. The molecule has 0 aliphatic rings. The monoisotopic (exact) mass is 550 g/mol. The summed E-state index contributed by atoms with van der Waals surface area (Å²) in [5.74, 6) is -0.654. The van der Waals surface area contributed by atoms with Crippen molar-refractivity contribution in [2.75, 3.05) is 13.7 Å². The summed E-state index contributed by atoms with van der Waals surface area (Å²) in [6.45, 7) is 3.30. The number of rotatable bonds is 8. The molecule has 178 valence electrons. The van der Waals surface area contributed by atoms with Crippen LogP contribution in [0.15, 0.2) is 44.7 Å². The minimum atomic E-state index is -0.730. The smallest absolute Gasteiger partial charge is 0.343 e. The maximum Gasteiger partial charge on any atom is 0.343 e. The minimum Gasteiger partial charge on any atom is -0.474 e. The third kappa shape index (κ3) is 5.42. The van der Waals surface area contributed by atoms with Gasteiger partial charge in [-0.2, -0.15) is 9.78 Å². The van der Waals surface area contributed by atoms with Crippen molar-refractivity contribution < 1.29 is 19.2 Å². The summed E-state index contributed by atoms with van der Waals surface area (Å²) >= 11 is 9.42. The number of hydrogen-bond donors (Lipinski definition) is 0. The standard InChI is InChI=1S/C22H20BrClN4O6/c1-4-12(2)21-26-17-6-5-14(23)8-16(17)22(30)27(21)25-10-13-7-15(24)9-18(28(31)32)20(13)34-11-19(29)33-3/h5-10,12H,4,11H2,1-3H3/t12-/m1/s1. The van der Waals surface area contributed by atoms with Crippen molar-refractivity contribution in [1.29, 1.82) is 0 Å². The number of carbonyl (C=O) groups excluding carboxylic acids is 1. The van der Waals surface area contributed by atoms with Gasteiger partial charge < -0.3 is 9.47 Å². The van der Waals surface area contributed by atoms with Crippen LogP contribution < -0.4 is 10.3 Å². The maximum atomic E-state index is 13.3. The molecule has 34 heavy (non-hydrogen) atoms. The third-order valence-electron chi connectivity index (χ3n) is 5.02. The summed E-state index contributed by atoms with van der Waals surface area (Å²) in [5, 5.41) is 16.3. The largest absolute Gasteiger partial charge is 0.474 e. The number of nitro groups is 1. The lowest BCUT2D eigenvalue weighted by molar-refractivity contribution is -0.385. The Morgan fingerprint density at radius 3 is 2.76 bits per heavy atom. The molecule has 0 saturated carbocycles. The predicted molar refractivity (Wildman–Crippen MR) is 131 cm³/mol. The molecule has 10 nitrogen and oxygen atoms in total. The van der Waals surface area contributed by atoms with Gasteiger partial charge in [0.15, 0.2) is 6.61 Å². The number of hydrogen-bond acceptors (Lipinski definition) is 8. The van der Waals surface area contributed by atoms with Crippen LogP contribution in [0.2, 0.25) is 5.02 Å². The number of ether oxygens (including phenoxy) is 2. The van der Waals surface area contributed by atoms with Crippen LogP contribution in [-0.2, 0) is 9.53 Å². The van der Waals surface area contributed by atoms with Crippen LogP contribution in [0.25, 0.3) is 10.9 Å². The Morgan fingerprint density at radius 1 is 1.38 bits per heavy atom. The fourth-order valence-corrected chi connectivity index (χ4v) is 3.66. The Balaban J connectivity index is 2.20. The van der Waals surface area contributed by atoms with E-state index >= 15 is 0 Å². The summed E-state index contributed by atoms with van der Waals surface area (Å²) in [4.78, 5) is 40.3. The summed E-state index contributed by atoms with van der Waals surface area (Å²) in [6, 6.07) is 7.64. The fraction of sp³-hybridized carbons (Fsp3) is 0.273. The first-order valence-corrected chi connectivity index (χ1v) is 11.3. The molecule has 0 amide bonds. The van der Waals surface area contributed by atoms with Gasteiger partial charge in [-0.1, -0.05) is 41.4 Å². The highest BCUT2D eigenvalue weighted by Gasteiger charge is 2.22. The SMILES string of the molecule is CC[C@@H](C)c1nc2ccc(Br)cc2c(=O)n1N=Cc1cc(Cl)cc([N+](=O)[O-])c1OCC(=O)OC. The van der Waals surface area contributed by atoms with Crippen LogP contribution in [0.1, 0.15) is 37.6 Å². The molecule has 0 fully saturated rings. The molecule has 12 heteroatoms. The Kier molecular flexibility index (Phi) is 8.00. The van der Waals surface area contributed by atoms with Gasteiger partial charge in [0.05, 0.1) is 29.2 Å². The van der Waals surface area contributed by atoms with E-state index in [-0.39, 0.29) is 22.3 Å². The molecule has 3 aromatic rings. The Labute approximate surface area is 207 Å². The number of fused-ring (bicyclic) bond motifs is 1. The maximum absolute atomic E-state index is 13.3. The molecule has 3 rings (SSSR count). The topological polar surface area (TPSA) is 126 Å². The number of benzene rings is 2. The summed E-state index contributed by atoms with van der Waals surface area (Å²) in [5.41, 5.74) is -0.255. The average Bonchev–Trinajstić information content (AvgIpc) is 2.81. The fourth-order valence-electron chi connectivity index (χ4n) is 3.08. The van der Waals surface area contributed by atoms with E-state index in [1.807, 2.05) is 13.8 Å². The first-order valence-electron chi connectivity index (χ1n) is 10.1. The van der Waals surface area contributed by atoms with Crippen molar-refractivity contribution in [3.63, 3.8) is 0 Å². The zero-order valence-electron chi connectivity index (χ0n) is 18.4. The zero-order chi connectivity index (χ0) is 25.0. The molecule has 0 unspecified atom stereocenters. The number of halogens is 2. The van der Waals surface area contributed by atoms with Gasteiger partial charge in [0.25, 0.3) is 5.56 Å². The molecular formula is C22H20BrClN4O6. The number of aromatic nitrogens is 2. The molecular weight excluding hydrogens is 532 g/mol. The normalized spacial score (nSPS) is 12.1.